The Morgan fingerprint density at radius 1 is 0.356 bits per heavy atom. The van der Waals surface area contributed by atoms with Crippen LogP contribution in [-0.4, -0.2) is 9.97 Å². The minimum atomic E-state index is 0.891. The van der Waals surface area contributed by atoms with Gasteiger partial charge in [-0.2, -0.15) is 0 Å². The van der Waals surface area contributed by atoms with Crippen LogP contribution in [0.2, 0.25) is 0 Å². The molecule has 3 nitrogen and oxygen atoms in total. The van der Waals surface area contributed by atoms with Crippen molar-refractivity contribution in [1.29, 1.82) is 0 Å². The summed E-state index contributed by atoms with van der Waals surface area (Å²) in [4.78, 5) is 8.84. The summed E-state index contributed by atoms with van der Waals surface area (Å²) < 4.78 is 6.21. The van der Waals surface area contributed by atoms with Crippen LogP contribution in [0.5, 0.6) is 0 Å². The average Bonchev–Trinajstić information content (AvgIpc) is 3.49. The predicted molar refractivity (Wildman–Crippen MR) is 186 cm³/mol. The van der Waals surface area contributed by atoms with Gasteiger partial charge in [-0.15, -0.1) is 0 Å². The molecule has 0 atom stereocenters. The van der Waals surface area contributed by atoms with Gasteiger partial charge in [0.1, 0.15) is 11.2 Å². The fraction of sp³-hybridized carbons (Fsp3) is 0. The van der Waals surface area contributed by atoms with Crippen LogP contribution in [0.1, 0.15) is 0 Å². The summed E-state index contributed by atoms with van der Waals surface area (Å²) in [5.74, 6) is 0. The molecule has 0 spiro atoms. The van der Waals surface area contributed by atoms with E-state index in [-0.39, 0.29) is 0 Å². The summed E-state index contributed by atoms with van der Waals surface area (Å²) in [6, 6.07) is 47.4. The van der Waals surface area contributed by atoms with Crippen LogP contribution in [0, 0.1) is 0 Å². The number of pyridine rings is 2. The first-order valence-electron chi connectivity index (χ1n) is 15.1. The van der Waals surface area contributed by atoms with Gasteiger partial charge in [0.05, 0.1) is 0 Å². The molecule has 0 bridgehead atoms. The van der Waals surface area contributed by atoms with Gasteiger partial charge in [-0.25, -0.2) is 0 Å². The van der Waals surface area contributed by atoms with Crippen molar-refractivity contribution in [2.45, 2.75) is 0 Å². The Morgan fingerprint density at radius 3 is 1.67 bits per heavy atom. The number of rotatable bonds is 4. The van der Waals surface area contributed by atoms with Gasteiger partial charge in [-0.05, 0) is 96.9 Å². The van der Waals surface area contributed by atoms with Gasteiger partial charge >= 0.3 is 0 Å². The fourth-order valence-corrected chi connectivity index (χ4v) is 6.95. The quantitative estimate of drug-likeness (QED) is 0.196. The second kappa shape index (κ2) is 10.3. The van der Waals surface area contributed by atoms with Gasteiger partial charge in [0.15, 0.2) is 0 Å². The van der Waals surface area contributed by atoms with Crippen LogP contribution in [0.15, 0.2) is 163 Å². The van der Waals surface area contributed by atoms with E-state index >= 15 is 0 Å². The van der Waals surface area contributed by atoms with E-state index in [0.29, 0.717) is 0 Å². The summed E-state index contributed by atoms with van der Waals surface area (Å²) in [6.45, 7) is 0. The van der Waals surface area contributed by atoms with Crippen LogP contribution in [0.25, 0.3) is 88.0 Å². The maximum absolute atomic E-state index is 6.21. The molecule has 0 aliphatic carbocycles. The molecule has 0 aliphatic heterocycles. The maximum atomic E-state index is 6.21. The Bertz CT molecular complexity index is 2470. The molecule has 0 N–H and O–H groups in total. The molecule has 210 valence electrons. The SMILES string of the molecule is c1cncc(-c2cccc(-c3ccc4oc5ccccc5c4c3)c2-c2c3ccccc3c(-c3ccncc3)c3ccccc23)c1. The Balaban J connectivity index is 1.44. The molecule has 0 aliphatic rings. The molecule has 3 aromatic heterocycles. The number of aromatic nitrogens is 2. The number of fused-ring (bicyclic) bond motifs is 5. The highest BCUT2D eigenvalue weighted by molar-refractivity contribution is 6.24. The lowest BCUT2D eigenvalue weighted by molar-refractivity contribution is 0.669. The number of hydrogen-bond donors (Lipinski definition) is 0. The normalized spacial score (nSPS) is 11.6. The van der Waals surface area contributed by atoms with Gasteiger partial charge < -0.3 is 4.42 Å². The van der Waals surface area contributed by atoms with E-state index in [9.17, 15) is 0 Å². The number of furan rings is 1. The van der Waals surface area contributed by atoms with Crippen LogP contribution >= 0.6 is 0 Å². The first-order chi connectivity index (χ1) is 22.3. The van der Waals surface area contributed by atoms with Crippen molar-refractivity contribution < 1.29 is 4.42 Å². The van der Waals surface area contributed by atoms with Gasteiger partial charge in [-0.1, -0.05) is 97.1 Å². The number of nitrogens with zero attached hydrogens (tertiary/aromatic N) is 2. The monoisotopic (exact) mass is 574 g/mol. The van der Waals surface area contributed by atoms with Crippen molar-refractivity contribution in [3.8, 4) is 44.5 Å². The lowest BCUT2D eigenvalue weighted by atomic mass is 9.81. The largest absolute Gasteiger partial charge is 0.456 e. The number of benzene rings is 6. The van der Waals surface area contributed by atoms with Crippen molar-refractivity contribution >= 4 is 43.5 Å². The Kier molecular flexibility index (Phi) is 5.82. The number of para-hydroxylation sites is 1. The first-order valence-corrected chi connectivity index (χ1v) is 15.1. The van der Waals surface area contributed by atoms with Crippen molar-refractivity contribution in [1.82, 2.24) is 9.97 Å². The van der Waals surface area contributed by atoms with E-state index in [1.807, 2.05) is 43.0 Å². The molecular formula is C42H26N2O. The molecule has 6 aromatic carbocycles. The van der Waals surface area contributed by atoms with E-state index in [4.69, 9.17) is 4.42 Å². The first kappa shape index (κ1) is 25.4. The summed E-state index contributed by atoms with van der Waals surface area (Å²) in [7, 11) is 0. The zero-order chi connectivity index (χ0) is 29.7. The standard InChI is InChI=1S/C42H26N2O/c1-3-13-35-33(11-1)40(27-20-23-43-24-21-27)34-12-2-4-14-36(34)42(35)41-30(15-7-16-31(41)29-9-8-22-44-26-29)28-18-19-39-37(25-28)32-10-5-6-17-38(32)45-39/h1-26H. The van der Waals surface area contributed by atoms with Gasteiger partial charge in [0, 0.05) is 41.1 Å². The molecule has 3 heterocycles. The molecule has 0 saturated carbocycles. The minimum Gasteiger partial charge on any atom is -0.456 e. The highest BCUT2D eigenvalue weighted by Gasteiger charge is 2.22. The Hall–Kier alpha value is -6.06. The third kappa shape index (κ3) is 4.05. The molecule has 0 saturated heterocycles. The van der Waals surface area contributed by atoms with Gasteiger partial charge in [0.25, 0.3) is 0 Å². The van der Waals surface area contributed by atoms with Crippen molar-refractivity contribution in [2.75, 3.05) is 0 Å². The topological polar surface area (TPSA) is 38.9 Å². The Labute approximate surface area is 260 Å². The molecule has 3 heteroatoms. The molecule has 9 aromatic rings. The average molecular weight is 575 g/mol. The van der Waals surface area contributed by atoms with Crippen molar-refractivity contribution in [3.63, 3.8) is 0 Å². The minimum absolute atomic E-state index is 0.891. The van der Waals surface area contributed by atoms with Crippen molar-refractivity contribution in [2.24, 2.45) is 0 Å². The lowest BCUT2D eigenvalue weighted by Gasteiger charge is -2.22. The van der Waals surface area contributed by atoms with Crippen LogP contribution in [-0.2, 0) is 0 Å². The highest BCUT2D eigenvalue weighted by atomic mass is 16.3. The zero-order valence-corrected chi connectivity index (χ0v) is 24.3. The van der Waals surface area contributed by atoms with Crippen LogP contribution < -0.4 is 0 Å². The summed E-state index contributed by atoms with van der Waals surface area (Å²) in [5, 5.41) is 7.06. The molecule has 0 unspecified atom stereocenters. The number of hydrogen-bond acceptors (Lipinski definition) is 3. The second-order valence-corrected chi connectivity index (χ2v) is 11.4. The van der Waals surface area contributed by atoms with E-state index in [0.717, 1.165) is 49.8 Å². The fourth-order valence-electron chi connectivity index (χ4n) is 6.95. The highest BCUT2D eigenvalue weighted by Crippen LogP contribution is 2.49. The molecule has 45 heavy (non-hydrogen) atoms. The maximum Gasteiger partial charge on any atom is 0.135 e. The molecule has 9 rings (SSSR count). The smallest absolute Gasteiger partial charge is 0.135 e. The summed E-state index contributed by atoms with van der Waals surface area (Å²) in [6.07, 6.45) is 7.54. The van der Waals surface area contributed by atoms with Crippen LogP contribution in [0.3, 0.4) is 0 Å². The summed E-state index contributed by atoms with van der Waals surface area (Å²) in [5.41, 5.74) is 11.1. The van der Waals surface area contributed by atoms with Crippen molar-refractivity contribution in [3.05, 3.63) is 158 Å². The van der Waals surface area contributed by atoms with E-state index in [1.165, 1.54) is 38.2 Å². The third-order valence-corrected chi connectivity index (χ3v) is 8.88. The zero-order valence-electron chi connectivity index (χ0n) is 24.3. The molecule has 0 fully saturated rings. The van der Waals surface area contributed by atoms with Gasteiger partial charge in [0.2, 0.25) is 0 Å². The Morgan fingerprint density at radius 2 is 0.978 bits per heavy atom. The van der Waals surface area contributed by atoms with Crippen LogP contribution in [0.4, 0.5) is 0 Å². The lowest BCUT2D eigenvalue weighted by Crippen LogP contribution is -1.95. The molecular weight excluding hydrogens is 548 g/mol. The second-order valence-electron chi connectivity index (χ2n) is 11.4. The molecule has 0 amide bonds. The van der Waals surface area contributed by atoms with Gasteiger partial charge in [-0.3, -0.25) is 9.97 Å². The third-order valence-electron chi connectivity index (χ3n) is 8.88. The predicted octanol–water partition coefficient (Wildman–Crippen LogP) is 11.4. The van der Waals surface area contributed by atoms with E-state index in [1.54, 1.807) is 0 Å². The van der Waals surface area contributed by atoms with E-state index < -0.39 is 0 Å². The summed E-state index contributed by atoms with van der Waals surface area (Å²) >= 11 is 0. The van der Waals surface area contributed by atoms with E-state index in [2.05, 4.69) is 125 Å². The molecule has 0 radical (unpaired) electrons.